The molecule has 0 saturated heterocycles. The fourth-order valence-corrected chi connectivity index (χ4v) is 2.58. The molecule has 2 aromatic rings. The van der Waals surface area contributed by atoms with Crippen LogP contribution in [0.15, 0.2) is 46.9 Å². The number of nitrogens with two attached hydrogens (primary N) is 1. The van der Waals surface area contributed by atoms with E-state index in [0.717, 1.165) is 24.3 Å². The second-order valence-corrected chi connectivity index (χ2v) is 6.34. The standard InChI is InChI=1S/C17H20BrFN2/c1-12(2)21(10-13-3-6-15(20)7-4-13)11-14-5-8-17(19)16(18)9-14/h3-9,12H,10-11,20H2,1-2H3. The van der Waals surface area contributed by atoms with E-state index in [2.05, 4.69) is 34.7 Å². The summed E-state index contributed by atoms with van der Waals surface area (Å²) in [5.74, 6) is -0.228. The zero-order valence-corrected chi connectivity index (χ0v) is 13.9. The molecule has 2 aromatic carbocycles. The van der Waals surface area contributed by atoms with Crippen molar-refractivity contribution in [3.05, 3.63) is 63.9 Å². The van der Waals surface area contributed by atoms with Crippen LogP contribution in [0.5, 0.6) is 0 Å². The number of rotatable bonds is 5. The van der Waals surface area contributed by atoms with E-state index < -0.39 is 0 Å². The highest BCUT2D eigenvalue weighted by Gasteiger charge is 2.12. The second kappa shape index (κ2) is 7.05. The molecule has 0 unspecified atom stereocenters. The van der Waals surface area contributed by atoms with E-state index in [9.17, 15) is 4.39 Å². The Labute approximate surface area is 133 Å². The molecular formula is C17H20BrFN2. The smallest absolute Gasteiger partial charge is 0.137 e. The summed E-state index contributed by atoms with van der Waals surface area (Å²) in [4.78, 5) is 2.34. The van der Waals surface area contributed by atoms with Crippen molar-refractivity contribution in [2.75, 3.05) is 5.73 Å². The first kappa shape index (κ1) is 16.0. The van der Waals surface area contributed by atoms with E-state index in [0.29, 0.717) is 10.5 Å². The molecule has 2 N–H and O–H groups in total. The van der Waals surface area contributed by atoms with Crippen LogP contribution in [0, 0.1) is 5.82 Å². The Bertz CT molecular complexity index is 596. The first-order valence-corrected chi connectivity index (χ1v) is 7.77. The lowest BCUT2D eigenvalue weighted by atomic mass is 10.1. The SMILES string of the molecule is CC(C)N(Cc1ccc(N)cc1)Cc1ccc(F)c(Br)c1. The predicted octanol–water partition coefficient (Wildman–Crippen LogP) is 4.58. The van der Waals surface area contributed by atoms with Gasteiger partial charge < -0.3 is 5.73 Å². The van der Waals surface area contributed by atoms with E-state index in [-0.39, 0.29) is 5.82 Å². The van der Waals surface area contributed by atoms with Crippen molar-refractivity contribution in [3.8, 4) is 0 Å². The van der Waals surface area contributed by atoms with Crippen molar-refractivity contribution >= 4 is 21.6 Å². The second-order valence-electron chi connectivity index (χ2n) is 5.49. The number of anilines is 1. The molecule has 0 atom stereocenters. The Morgan fingerprint density at radius 2 is 1.62 bits per heavy atom. The van der Waals surface area contributed by atoms with Crippen molar-refractivity contribution in [1.82, 2.24) is 4.90 Å². The summed E-state index contributed by atoms with van der Waals surface area (Å²) in [6.07, 6.45) is 0. The first-order valence-electron chi connectivity index (χ1n) is 6.98. The van der Waals surface area contributed by atoms with Gasteiger partial charge in [-0.25, -0.2) is 4.39 Å². The lowest BCUT2D eigenvalue weighted by molar-refractivity contribution is 0.203. The Kier molecular flexibility index (Phi) is 5.37. The fraction of sp³-hybridized carbons (Fsp3) is 0.294. The number of benzene rings is 2. The molecule has 0 aliphatic heterocycles. The van der Waals surface area contributed by atoms with Gasteiger partial charge in [0.25, 0.3) is 0 Å². The molecule has 112 valence electrons. The minimum atomic E-state index is -0.228. The third kappa shape index (κ3) is 4.55. The maximum atomic E-state index is 13.3. The van der Waals surface area contributed by atoms with Crippen LogP contribution in [0.2, 0.25) is 0 Å². The zero-order chi connectivity index (χ0) is 15.4. The van der Waals surface area contributed by atoms with Crippen LogP contribution in [0.3, 0.4) is 0 Å². The van der Waals surface area contributed by atoms with Gasteiger partial charge in [-0.05, 0) is 65.2 Å². The van der Waals surface area contributed by atoms with Crippen LogP contribution in [-0.2, 0) is 13.1 Å². The maximum absolute atomic E-state index is 13.3. The van der Waals surface area contributed by atoms with E-state index in [1.807, 2.05) is 36.4 Å². The number of hydrogen-bond acceptors (Lipinski definition) is 2. The van der Waals surface area contributed by atoms with Gasteiger partial charge >= 0.3 is 0 Å². The van der Waals surface area contributed by atoms with Crippen LogP contribution < -0.4 is 5.73 Å². The zero-order valence-electron chi connectivity index (χ0n) is 12.3. The summed E-state index contributed by atoms with van der Waals surface area (Å²) in [7, 11) is 0. The molecule has 0 bridgehead atoms. The summed E-state index contributed by atoms with van der Waals surface area (Å²) in [5, 5.41) is 0. The summed E-state index contributed by atoms with van der Waals surface area (Å²) in [5.41, 5.74) is 8.80. The average molecular weight is 351 g/mol. The Hall–Kier alpha value is -1.39. The van der Waals surface area contributed by atoms with Gasteiger partial charge in [-0.1, -0.05) is 18.2 Å². The summed E-state index contributed by atoms with van der Waals surface area (Å²) in [6, 6.07) is 13.5. The minimum Gasteiger partial charge on any atom is -0.399 e. The van der Waals surface area contributed by atoms with Gasteiger partial charge in [0.05, 0.1) is 4.47 Å². The quantitative estimate of drug-likeness (QED) is 0.799. The van der Waals surface area contributed by atoms with Crippen LogP contribution in [0.4, 0.5) is 10.1 Å². The Balaban J connectivity index is 2.11. The highest BCUT2D eigenvalue weighted by atomic mass is 79.9. The molecule has 0 aliphatic rings. The summed E-state index contributed by atoms with van der Waals surface area (Å²) in [6.45, 7) is 5.94. The number of nitrogen functional groups attached to an aromatic ring is 1. The number of halogens is 2. The van der Waals surface area contributed by atoms with Crippen molar-refractivity contribution in [3.63, 3.8) is 0 Å². The first-order chi connectivity index (χ1) is 9.95. The van der Waals surface area contributed by atoms with Crippen LogP contribution in [-0.4, -0.2) is 10.9 Å². The summed E-state index contributed by atoms with van der Waals surface area (Å²) >= 11 is 3.24. The van der Waals surface area contributed by atoms with Gasteiger partial charge in [-0.2, -0.15) is 0 Å². The highest BCUT2D eigenvalue weighted by molar-refractivity contribution is 9.10. The van der Waals surface area contributed by atoms with Gasteiger partial charge in [0.1, 0.15) is 5.82 Å². The van der Waals surface area contributed by atoms with Crippen molar-refractivity contribution in [2.24, 2.45) is 0 Å². The van der Waals surface area contributed by atoms with Crippen molar-refractivity contribution < 1.29 is 4.39 Å². The molecule has 0 saturated carbocycles. The van der Waals surface area contributed by atoms with Gasteiger partial charge in [0, 0.05) is 24.8 Å². The van der Waals surface area contributed by atoms with Crippen LogP contribution in [0.25, 0.3) is 0 Å². The highest BCUT2D eigenvalue weighted by Crippen LogP contribution is 2.20. The Morgan fingerprint density at radius 1 is 1.05 bits per heavy atom. The van der Waals surface area contributed by atoms with E-state index in [1.165, 1.54) is 11.6 Å². The molecule has 2 nitrogen and oxygen atoms in total. The van der Waals surface area contributed by atoms with Gasteiger partial charge in [0.2, 0.25) is 0 Å². The molecule has 0 radical (unpaired) electrons. The summed E-state index contributed by atoms with van der Waals surface area (Å²) < 4.78 is 13.8. The van der Waals surface area contributed by atoms with Crippen molar-refractivity contribution in [1.29, 1.82) is 0 Å². The topological polar surface area (TPSA) is 29.3 Å². The average Bonchev–Trinajstić information content (AvgIpc) is 2.44. The molecule has 21 heavy (non-hydrogen) atoms. The molecule has 0 fully saturated rings. The number of nitrogens with zero attached hydrogens (tertiary/aromatic N) is 1. The molecular weight excluding hydrogens is 331 g/mol. The van der Waals surface area contributed by atoms with E-state index in [1.54, 1.807) is 0 Å². The normalized spacial score (nSPS) is 11.3. The molecule has 0 aromatic heterocycles. The van der Waals surface area contributed by atoms with Gasteiger partial charge in [-0.3, -0.25) is 4.90 Å². The minimum absolute atomic E-state index is 0.228. The number of hydrogen-bond donors (Lipinski definition) is 1. The van der Waals surface area contributed by atoms with Crippen molar-refractivity contribution in [2.45, 2.75) is 33.0 Å². The molecule has 4 heteroatoms. The van der Waals surface area contributed by atoms with Gasteiger partial charge in [0.15, 0.2) is 0 Å². The maximum Gasteiger partial charge on any atom is 0.137 e. The van der Waals surface area contributed by atoms with E-state index in [4.69, 9.17) is 5.73 Å². The van der Waals surface area contributed by atoms with E-state index >= 15 is 0 Å². The third-order valence-corrected chi connectivity index (χ3v) is 4.07. The molecule has 0 heterocycles. The van der Waals surface area contributed by atoms with Crippen LogP contribution >= 0.6 is 15.9 Å². The molecule has 0 aliphatic carbocycles. The molecule has 0 spiro atoms. The molecule has 2 rings (SSSR count). The lowest BCUT2D eigenvalue weighted by Crippen LogP contribution is -2.29. The molecule has 0 amide bonds. The van der Waals surface area contributed by atoms with Gasteiger partial charge in [-0.15, -0.1) is 0 Å². The fourth-order valence-electron chi connectivity index (χ4n) is 2.15. The lowest BCUT2D eigenvalue weighted by Gasteiger charge is -2.27. The van der Waals surface area contributed by atoms with Crippen LogP contribution in [0.1, 0.15) is 25.0 Å². The largest absolute Gasteiger partial charge is 0.399 e. The third-order valence-electron chi connectivity index (χ3n) is 3.47. The predicted molar refractivity (Wildman–Crippen MR) is 89.3 cm³/mol. The monoisotopic (exact) mass is 350 g/mol. The Morgan fingerprint density at radius 3 is 2.19 bits per heavy atom.